The molecule has 0 bridgehead atoms. The molecule has 0 aliphatic carbocycles. The molecule has 0 saturated heterocycles. The molecule has 2 aromatic heterocycles. The van der Waals surface area contributed by atoms with Crippen LogP contribution in [0, 0.1) is 0 Å². The smallest absolute Gasteiger partial charge is 0.160 e. The summed E-state index contributed by atoms with van der Waals surface area (Å²) in [6.07, 6.45) is 1.94. The van der Waals surface area contributed by atoms with Gasteiger partial charge in [-0.1, -0.05) is 184 Å². The van der Waals surface area contributed by atoms with Gasteiger partial charge in [-0.3, -0.25) is 0 Å². The Kier molecular flexibility index (Phi) is 9.51. The highest BCUT2D eigenvalue weighted by atomic mass is 14.9. The van der Waals surface area contributed by atoms with Crippen molar-refractivity contribution in [2.75, 3.05) is 0 Å². The Bertz CT molecular complexity index is 2140. The second-order valence-electron chi connectivity index (χ2n) is 13.3. The maximum atomic E-state index is 5.06. The number of nitrogens with zero attached hydrogens (tertiary/aromatic N) is 4. The molecule has 8 aromatic rings. The molecule has 4 heteroatoms. The lowest BCUT2D eigenvalue weighted by molar-refractivity contribution is 0.478. The molecular weight excluding hydrogens is 645 g/mol. The fourth-order valence-electron chi connectivity index (χ4n) is 7.29. The van der Waals surface area contributed by atoms with Gasteiger partial charge in [0.15, 0.2) is 11.6 Å². The Balaban J connectivity index is 1.14. The summed E-state index contributed by atoms with van der Waals surface area (Å²) in [4.78, 5) is 20.1. The lowest BCUT2D eigenvalue weighted by Crippen LogP contribution is -2.26. The lowest BCUT2D eigenvalue weighted by Gasteiger charge is -2.33. The van der Waals surface area contributed by atoms with Crippen LogP contribution in [0.5, 0.6) is 0 Å². The van der Waals surface area contributed by atoms with E-state index in [1.165, 1.54) is 11.1 Å². The van der Waals surface area contributed by atoms with E-state index in [-0.39, 0.29) is 5.41 Å². The van der Waals surface area contributed by atoms with Gasteiger partial charge in [0.05, 0.1) is 22.8 Å². The Morgan fingerprint density at radius 3 is 0.868 bits per heavy atom. The first-order valence-corrected chi connectivity index (χ1v) is 18.4. The summed E-state index contributed by atoms with van der Waals surface area (Å²) >= 11 is 0. The van der Waals surface area contributed by atoms with Crippen molar-refractivity contribution in [2.45, 2.75) is 32.1 Å². The molecular formula is C49H40N4. The van der Waals surface area contributed by atoms with Gasteiger partial charge in [0.25, 0.3) is 0 Å². The van der Waals surface area contributed by atoms with Crippen molar-refractivity contribution in [2.24, 2.45) is 0 Å². The zero-order chi connectivity index (χ0) is 36.0. The molecule has 0 fully saturated rings. The van der Waals surface area contributed by atoms with Crippen molar-refractivity contribution < 1.29 is 0 Å². The monoisotopic (exact) mass is 684 g/mol. The van der Waals surface area contributed by atoms with E-state index >= 15 is 0 Å². The first-order valence-electron chi connectivity index (χ1n) is 18.4. The summed E-state index contributed by atoms with van der Waals surface area (Å²) in [5, 5.41) is 0. The average Bonchev–Trinajstić information content (AvgIpc) is 3.26. The van der Waals surface area contributed by atoms with Gasteiger partial charge in [0.2, 0.25) is 0 Å². The molecule has 0 aliphatic rings. The van der Waals surface area contributed by atoms with Gasteiger partial charge in [-0.2, -0.15) is 0 Å². The van der Waals surface area contributed by atoms with E-state index in [2.05, 4.69) is 123 Å². The van der Waals surface area contributed by atoms with Crippen LogP contribution < -0.4 is 0 Å². The van der Waals surface area contributed by atoms with E-state index in [9.17, 15) is 0 Å². The second-order valence-corrected chi connectivity index (χ2v) is 13.3. The largest absolute Gasteiger partial charge is 0.228 e. The normalized spacial score (nSPS) is 11.4. The van der Waals surface area contributed by atoms with Gasteiger partial charge in [-0.05, 0) is 36.1 Å². The van der Waals surface area contributed by atoms with Crippen LogP contribution in [0.1, 0.15) is 37.8 Å². The van der Waals surface area contributed by atoms with Gasteiger partial charge in [0, 0.05) is 38.8 Å². The second kappa shape index (κ2) is 15.0. The molecule has 0 aliphatic heterocycles. The van der Waals surface area contributed by atoms with Crippen molar-refractivity contribution in [3.05, 3.63) is 193 Å². The van der Waals surface area contributed by atoms with Crippen LogP contribution in [0.25, 0.3) is 67.8 Å². The molecule has 8 rings (SSSR count). The van der Waals surface area contributed by atoms with Gasteiger partial charge in [0.1, 0.15) is 0 Å². The highest BCUT2D eigenvalue weighted by molar-refractivity contribution is 5.73. The molecule has 0 atom stereocenters. The summed E-state index contributed by atoms with van der Waals surface area (Å²) in [7, 11) is 0. The van der Waals surface area contributed by atoms with Gasteiger partial charge in [-0.15, -0.1) is 0 Å². The standard InChI is InChI=1S/C49H40N4/c1-3-49(4-2,41-29-25-37(26-30-41)45-33-43(35-17-9-5-10-18-35)50-47(52-45)39-21-13-7-14-22-39)42-31-27-38(28-32-42)46-34-44(36-19-11-6-12-20-36)51-48(53-46)40-23-15-8-16-24-40/h5-34H,3-4H2,1-2H3. The molecule has 0 unspecified atom stereocenters. The van der Waals surface area contributed by atoms with Crippen LogP contribution in [-0.4, -0.2) is 19.9 Å². The maximum Gasteiger partial charge on any atom is 0.160 e. The molecule has 0 radical (unpaired) electrons. The number of hydrogen-bond donors (Lipinski definition) is 0. The SMILES string of the molecule is CCC(CC)(c1ccc(-c2cc(-c3ccccc3)nc(-c3ccccc3)n2)cc1)c1ccc(-c2cc(-c3ccccc3)nc(-c3ccccc3)n2)cc1. The summed E-state index contributed by atoms with van der Waals surface area (Å²) in [6, 6.07) is 63.3. The molecule has 256 valence electrons. The van der Waals surface area contributed by atoms with Crippen molar-refractivity contribution in [3.8, 4) is 67.8 Å². The number of benzene rings is 6. The van der Waals surface area contributed by atoms with Crippen LogP contribution in [-0.2, 0) is 5.41 Å². The van der Waals surface area contributed by atoms with Crippen LogP contribution in [0.2, 0.25) is 0 Å². The van der Waals surface area contributed by atoms with Crippen molar-refractivity contribution >= 4 is 0 Å². The Morgan fingerprint density at radius 1 is 0.321 bits per heavy atom. The summed E-state index contributed by atoms with van der Waals surface area (Å²) in [5.74, 6) is 1.44. The van der Waals surface area contributed by atoms with E-state index in [4.69, 9.17) is 19.9 Å². The number of hydrogen-bond acceptors (Lipinski definition) is 4. The highest BCUT2D eigenvalue weighted by Gasteiger charge is 2.31. The fraction of sp³-hybridized carbons (Fsp3) is 0.102. The molecule has 0 N–H and O–H groups in total. The highest BCUT2D eigenvalue weighted by Crippen LogP contribution is 2.41. The minimum atomic E-state index is -0.150. The minimum absolute atomic E-state index is 0.150. The third-order valence-corrected chi connectivity index (χ3v) is 10.3. The molecule has 0 saturated carbocycles. The van der Waals surface area contributed by atoms with Crippen LogP contribution in [0.4, 0.5) is 0 Å². The quantitative estimate of drug-likeness (QED) is 0.144. The summed E-state index contributed by atoms with van der Waals surface area (Å²) < 4.78 is 0. The van der Waals surface area contributed by atoms with Crippen LogP contribution in [0.3, 0.4) is 0 Å². The van der Waals surface area contributed by atoms with E-state index in [1.54, 1.807) is 0 Å². The maximum absolute atomic E-state index is 5.06. The number of rotatable bonds is 10. The third-order valence-electron chi connectivity index (χ3n) is 10.3. The van der Waals surface area contributed by atoms with Crippen molar-refractivity contribution in [1.82, 2.24) is 19.9 Å². The molecule has 0 amide bonds. The minimum Gasteiger partial charge on any atom is -0.228 e. The first-order chi connectivity index (χ1) is 26.1. The first kappa shape index (κ1) is 33.6. The Morgan fingerprint density at radius 2 is 0.585 bits per heavy atom. The third kappa shape index (κ3) is 6.92. The van der Waals surface area contributed by atoms with E-state index < -0.39 is 0 Å². The fourth-order valence-corrected chi connectivity index (χ4v) is 7.29. The topological polar surface area (TPSA) is 51.6 Å². The van der Waals surface area contributed by atoms with E-state index in [1.807, 2.05) is 72.8 Å². The zero-order valence-corrected chi connectivity index (χ0v) is 30.0. The predicted molar refractivity (Wildman–Crippen MR) is 218 cm³/mol. The van der Waals surface area contributed by atoms with Gasteiger partial charge < -0.3 is 0 Å². The van der Waals surface area contributed by atoms with Crippen molar-refractivity contribution in [3.63, 3.8) is 0 Å². The van der Waals surface area contributed by atoms with Crippen molar-refractivity contribution in [1.29, 1.82) is 0 Å². The van der Waals surface area contributed by atoms with Gasteiger partial charge in [-0.25, -0.2) is 19.9 Å². The van der Waals surface area contributed by atoms with E-state index in [0.717, 1.165) is 80.6 Å². The molecule has 4 nitrogen and oxygen atoms in total. The lowest BCUT2D eigenvalue weighted by atomic mass is 9.70. The Hall–Kier alpha value is -6.52. The molecule has 6 aromatic carbocycles. The summed E-state index contributed by atoms with van der Waals surface area (Å²) in [6.45, 7) is 4.58. The number of aromatic nitrogens is 4. The van der Waals surface area contributed by atoms with Gasteiger partial charge >= 0.3 is 0 Å². The van der Waals surface area contributed by atoms with E-state index in [0.29, 0.717) is 0 Å². The summed E-state index contributed by atoms with van der Waals surface area (Å²) in [5.41, 5.74) is 12.3. The van der Waals surface area contributed by atoms with Crippen LogP contribution in [0.15, 0.2) is 182 Å². The predicted octanol–water partition coefficient (Wildman–Crippen LogP) is 12.4. The molecule has 0 spiro atoms. The Labute approximate surface area is 312 Å². The average molecular weight is 685 g/mol. The molecule has 53 heavy (non-hydrogen) atoms. The zero-order valence-electron chi connectivity index (χ0n) is 30.0. The molecule has 2 heterocycles. The van der Waals surface area contributed by atoms with Crippen LogP contribution >= 0.6 is 0 Å².